The predicted octanol–water partition coefficient (Wildman–Crippen LogP) is 8.40. The Bertz CT molecular complexity index is 1520. The molecular weight excluding hydrogens is 428 g/mol. The molecule has 0 saturated carbocycles. The number of anilines is 1. The van der Waals surface area contributed by atoms with Crippen LogP contribution in [0.1, 0.15) is 37.5 Å². The van der Waals surface area contributed by atoms with Gasteiger partial charge in [-0.1, -0.05) is 66.8 Å². The number of fused-ring (bicyclic) bond motifs is 3. The van der Waals surface area contributed by atoms with Gasteiger partial charge in [0.1, 0.15) is 12.4 Å². The largest absolute Gasteiger partial charge is 0.487 e. The molecule has 0 spiro atoms. The van der Waals surface area contributed by atoms with E-state index in [1.165, 1.54) is 27.4 Å². The second kappa shape index (κ2) is 9.55. The summed E-state index contributed by atoms with van der Waals surface area (Å²) >= 11 is 0. The third kappa shape index (κ3) is 4.22. The second-order valence-electron chi connectivity index (χ2n) is 8.77. The van der Waals surface area contributed by atoms with Crippen LogP contribution in [0.5, 0.6) is 5.75 Å². The van der Waals surface area contributed by atoms with E-state index in [1.807, 2.05) is 32.1 Å². The molecule has 1 aromatic heterocycles. The fraction of sp³-hybridized carbons (Fsp3) is 0.125. The molecule has 1 heterocycles. The smallest absolute Gasteiger partial charge is 0.143 e. The van der Waals surface area contributed by atoms with Crippen LogP contribution < -0.4 is 10.5 Å². The van der Waals surface area contributed by atoms with Crippen molar-refractivity contribution in [1.29, 1.82) is 0 Å². The van der Waals surface area contributed by atoms with Crippen LogP contribution in [-0.2, 0) is 6.61 Å². The van der Waals surface area contributed by atoms with Gasteiger partial charge in [0.2, 0.25) is 0 Å². The van der Waals surface area contributed by atoms with E-state index in [0.717, 1.165) is 22.4 Å². The van der Waals surface area contributed by atoms with Gasteiger partial charge in [0.15, 0.2) is 0 Å². The predicted molar refractivity (Wildman–Crippen MR) is 150 cm³/mol. The van der Waals surface area contributed by atoms with Crippen molar-refractivity contribution in [3.8, 4) is 11.4 Å². The summed E-state index contributed by atoms with van der Waals surface area (Å²) in [6, 6.07) is 29.8. The molecule has 35 heavy (non-hydrogen) atoms. The van der Waals surface area contributed by atoms with Gasteiger partial charge < -0.3 is 15.0 Å². The summed E-state index contributed by atoms with van der Waals surface area (Å²) < 4.78 is 8.54. The zero-order chi connectivity index (χ0) is 24.4. The lowest BCUT2D eigenvalue weighted by Crippen LogP contribution is -2.02. The number of aromatic nitrogens is 1. The number of nitrogen functional groups attached to an aromatic ring is 1. The van der Waals surface area contributed by atoms with E-state index in [4.69, 9.17) is 10.5 Å². The van der Waals surface area contributed by atoms with Crippen molar-refractivity contribution in [3.05, 3.63) is 114 Å². The van der Waals surface area contributed by atoms with E-state index in [-0.39, 0.29) is 0 Å². The quantitative estimate of drug-likeness (QED) is 0.259. The normalized spacial score (nSPS) is 12.1. The molecule has 3 nitrogen and oxygen atoms in total. The van der Waals surface area contributed by atoms with Gasteiger partial charge in [-0.2, -0.15) is 0 Å². The van der Waals surface area contributed by atoms with Crippen LogP contribution in [0.2, 0.25) is 0 Å². The van der Waals surface area contributed by atoms with Crippen LogP contribution in [0.15, 0.2) is 97.1 Å². The minimum absolute atomic E-state index is 0.450. The Morgan fingerprint density at radius 3 is 2.09 bits per heavy atom. The molecular formula is C32H30N2O. The molecule has 3 heteroatoms. The number of hydrogen-bond acceptors (Lipinski definition) is 2. The molecule has 5 rings (SSSR count). The minimum Gasteiger partial charge on any atom is -0.487 e. The van der Waals surface area contributed by atoms with Crippen molar-refractivity contribution in [1.82, 2.24) is 4.57 Å². The molecule has 4 aromatic carbocycles. The summed E-state index contributed by atoms with van der Waals surface area (Å²) in [4.78, 5) is 0. The van der Waals surface area contributed by atoms with E-state index in [9.17, 15) is 0 Å². The fourth-order valence-electron chi connectivity index (χ4n) is 4.58. The number of para-hydroxylation sites is 2. The first-order chi connectivity index (χ1) is 17.1. The highest BCUT2D eigenvalue weighted by Gasteiger charge is 2.12. The zero-order valence-electron chi connectivity index (χ0n) is 20.5. The van der Waals surface area contributed by atoms with E-state index in [0.29, 0.717) is 18.0 Å². The van der Waals surface area contributed by atoms with Gasteiger partial charge in [-0.15, -0.1) is 0 Å². The van der Waals surface area contributed by atoms with Crippen molar-refractivity contribution in [3.63, 3.8) is 0 Å². The van der Waals surface area contributed by atoms with Gasteiger partial charge in [-0.3, -0.25) is 0 Å². The molecule has 0 aliphatic heterocycles. The molecule has 0 fully saturated rings. The average Bonchev–Trinajstić information content (AvgIpc) is 3.23. The van der Waals surface area contributed by atoms with Gasteiger partial charge >= 0.3 is 0 Å². The van der Waals surface area contributed by atoms with E-state index in [1.54, 1.807) is 0 Å². The number of allylic oxidation sites excluding steroid dienone is 3. The maximum atomic E-state index is 6.44. The molecule has 0 atom stereocenters. The first kappa shape index (κ1) is 22.5. The van der Waals surface area contributed by atoms with Crippen LogP contribution in [0, 0.1) is 0 Å². The molecule has 5 aromatic rings. The Labute approximate surface area is 206 Å². The van der Waals surface area contributed by atoms with Crippen LogP contribution in [0.3, 0.4) is 0 Å². The summed E-state index contributed by atoms with van der Waals surface area (Å²) in [5.74, 6) is 0.711. The Morgan fingerprint density at radius 2 is 1.49 bits per heavy atom. The Hall–Kier alpha value is -4.24. The summed E-state index contributed by atoms with van der Waals surface area (Å²) in [6.07, 6.45) is 6.12. The third-order valence-corrected chi connectivity index (χ3v) is 6.58. The molecule has 2 N–H and O–H groups in total. The number of nitrogens with zero attached hydrogens (tertiary/aromatic N) is 1. The average molecular weight is 459 g/mol. The highest BCUT2D eigenvalue weighted by atomic mass is 16.5. The van der Waals surface area contributed by atoms with E-state index >= 15 is 0 Å². The van der Waals surface area contributed by atoms with Gasteiger partial charge in [0.05, 0.1) is 16.7 Å². The third-order valence-electron chi connectivity index (χ3n) is 6.58. The summed E-state index contributed by atoms with van der Waals surface area (Å²) in [5.41, 5.74) is 15.0. The Kier molecular flexibility index (Phi) is 6.15. The van der Waals surface area contributed by atoms with Gasteiger partial charge in [0.25, 0.3) is 0 Å². The maximum absolute atomic E-state index is 6.44. The lowest BCUT2D eigenvalue weighted by molar-refractivity contribution is 0.308. The monoisotopic (exact) mass is 458 g/mol. The topological polar surface area (TPSA) is 40.2 Å². The van der Waals surface area contributed by atoms with Crippen molar-refractivity contribution in [2.75, 3.05) is 5.73 Å². The van der Waals surface area contributed by atoms with E-state index < -0.39 is 0 Å². The molecule has 0 aliphatic rings. The van der Waals surface area contributed by atoms with Crippen LogP contribution in [0.4, 0.5) is 5.69 Å². The highest BCUT2D eigenvalue weighted by Crippen LogP contribution is 2.33. The van der Waals surface area contributed by atoms with Crippen LogP contribution >= 0.6 is 0 Å². The molecule has 0 bridgehead atoms. The summed E-state index contributed by atoms with van der Waals surface area (Å²) in [5, 5.41) is 2.53. The molecule has 0 unspecified atom stereocenters. The number of ether oxygens (including phenoxy) is 1. The van der Waals surface area contributed by atoms with Gasteiger partial charge in [-0.05, 0) is 73.9 Å². The Morgan fingerprint density at radius 1 is 0.857 bits per heavy atom. The lowest BCUT2D eigenvalue weighted by Gasteiger charge is -2.15. The molecule has 0 aliphatic carbocycles. The van der Waals surface area contributed by atoms with Crippen LogP contribution in [0.25, 0.3) is 39.1 Å². The summed E-state index contributed by atoms with van der Waals surface area (Å²) in [7, 11) is 0. The molecule has 0 amide bonds. The second-order valence-corrected chi connectivity index (χ2v) is 8.77. The highest BCUT2D eigenvalue weighted by molar-refractivity contribution is 6.09. The molecule has 174 valence electrons. The first-order valence-corrected chi connectivity index (χ1v) is 12.0. The number of nitrogens with two attached hydrogens (primary N) is 1. The SMILES string of the molecule is C/C=C/c1cc(/C(C)=C/C)cc(OCc2ccc(-n3c4ccccc4c4ccccc43)cc2)c1N. The van der Waals surface area contributed by atoms with E-state index in [2.05, 4.69) is 96.4 Å². The van der Waals surface area contributed by atoms with Gasteiger partial charge in [-0.25, -0.2) is 0 Å². The fourth-order valence-corrected chi connectivity index (χ4v) is 4.58. The Balaban J connectivity index is 1.45. The molecule has 0 radical (unpaired) electrons. The van der Waals surface area contributed by atoms with Crippen molar-refractivity contribution in [2.45, 2.75) is 27.4 Å². The minimum atomic E-state index is 0.450. The van der Waals surface area contributed by atoms with Crippen LogP contribution in [-0.4, -0.2) is 4.57 Å². The maximum Gasteiger partial charge on any atom is 0.143 e. The number of rotatable bonds is 6. The van der Waals surface area contributed by atoms with Crippen molar-refractivity contribution >= 4 is 39.1 Å². The number of hydrogen-bond donors (Lipinski definition) is 1. The summed E-state index contributed by atoms with van der Waals surface area (Å²) in [6.45, 7) is 6.58. The van der Waals surface area contributed by atoms with Crippen molar-refractivity contribution in [2.24, 2.45) is 0 Å². The van der Waals surface area contributed by atoms with Crippen molar-refractivity contribution < 1.29 is 4.74 Å². The number of benzene rings is 4. The van der Waals surface area contributed by atoms with Gasteiger partial charge in [0, 0.05) is 22.0 Å². The lowest BCUT2D eigenvalue weighted by atomic mass is 10.0. The first-order valence-electron chi connectivity index (χ1n) is 12.0. The molecule has 0 saturated heterocycles. The standard InChI is InChI=1S/C32H30N2O/c1-4-10-24-19-25(22(3)5-2)20-31(32(24)33)35-21-23-15-17-26(18-16-23)34-29-13-8-6-11-27(29)28-12-7-9-14-30(28)34/h4-20H,21,33H2,1-3H3/b10-4+,22-5+. The zero-order valence-corrected chi connectivity index (χ0v) is 20.5.